The number of rotatable bonds is 4. The van der Waals surface area contributed by atoms with Crippen LogP contribution in [-0.4, -0.2) is 26.2 Å². The molecule has 2 aromatic rings. The van der Waals surface area contributed by atoms with Crippen LogP contribution in [0.3, 0.4) is 0 Å². The van der Waals surface area contributed by atoms with Crippen molar-refractivity contribution in [1.29, 1.82) is 0 Å². The van der Waals surface area contributed by atoms with E-state index in [1.54, 1.807) is 4.68 Å². The molecule has 0 bridgehead atoms. The highest BCUT2D eigenvalue weighted by atomic mass is 32.1. The number of aryl methyl sites for hydroxylation is 1. The second kappa shape index (κ2) is 5.75. The summed E-state index contributed by atoms with van der Waals surface area (Å²) in [5, 5.41) is 17.2. The molecular weight excluding hydrogens is 260 g/mol. The maximum atomic E-state index is 4.24. The minimum absolute atomic E-state index is 0.751. The molecule has 1 aromatic carbocycles. The molecule has 0 atom stereocenters. The van der Waals surface area contributed by atoms with Gasteiger partial charge in [-0.25, -0.2) is 0 Å². The zero-order chi connectivity index (χ0) is 13.8. The average Bonchev–Trinajstić information content (AvgIpc) is 2.77. The summed E-state index contributed by atoms with van der Waals surface area (Å²) in [5.74, 6) is 0. The number of anilines is 2. The summed E-state index contributed by atoms with van der Waals surface area (Å²) >= 11 is 1.46. The van der Waals surface area contributed by atoms with Crippen molar-refractivity contribution in [3.05, 3.63) is 24.3 Å². The third kappa shape index (κ3) is 3.25. The Hall–Kier alpha value is -2.02. The molecule has 1 aromatic heterocycles. The predicted molar refractivity (Wildman–Crippen MR) is 77.8 cm³/mol. The van der Waals surface area contributed by atoms with E-state index in [1.807, 2.05) is 57.4 Å². The molecule has 0 spiro atoms. The van der Waals surface area contributed by atoms with E-state index in [-0.39, 0.29) is 0 Å². The van der Waals surface area contributed by atoms with Gasteiger partial charge in [-0.05, 0) is 40.7 Å². The van der Waals surface area contributed by atoms with Gasteiger partial charge in [-0.1, -0.05) is 5.10 Å². The SMILES string of the molecule is CNc1n[n+](C)c(N=Nc2ccc(N(C)C)cc2)s1. The molecule has 0 aliphatic heterocycles. The third-order valence-electron chi connectivity index (χ3n) is 2.54. The lowest BCUT2D eigenvalue weighted by molar-refractivity contribution is -0.712. The van der Waals surface area contributed by atoms with Crippen LogP contribution in [0.1, 0.15) is 0 Å². The van der Waals surface area contributed by atoms with Crippen LogP contribution < -0.4 is 14.9 Å². The van der Waals surface area contributed by atoms with Crippen molar-refractivity contribution < 1.29 is 4.68 Å². The molecule has 100 valence electrons. The van der Waals surface area contributed by atoms with Crippen molar-refractivity contribution in [3.63, 3.8) is 0 Å². The summed E-state index contributed by atoms with van der Waals surface area (Å²) in [4.78, 5) is 2.04. The highest BCUT2D eigenvalue weighted by Crippen LogP contribution is 2.24. The van der Waals surface area contributed by atoms with Crippen molar-refractivity contribution in [2.24, 2.45) is 17.3 Å². The number of aromatic nitrogens is 2. The van der Waals surface area contributed by atoms with Crippen molar-refractivity contribution >= 4 is 33.0 Å². The van der Waals surface area contributed by atoms with Crippen LogP contribution >= 0.6 is 11.3 Å². The van der Waals surface area contributed by atoms with Gasteiger partial charge in [0.1, 0.15) is 12.7 Å². The van der Waals surface area contributed by atoms with Crippen molar-refractivity contribution in [1.82, 2.24) is 5.10 Å². The summed E-state index contributed by atoms with van der Waals surface area (Å²) in [7, 11) is 7.70. The van der Waals surface area contributed by atoms with E-state index in [0.717, 1.165) is 21.6 Å². The van der Waals surface area contributed by atoms with E-state index in [4.69, 9.17) is 0 Å². The smallest absolute Gasteiger partial charge is 0.378 e. The molecule has 0 unspecified atom stereocenters. The summed E-state index contributed by atoms with van der Waals surface area (Å²) in [5.41, 5.74) is 1.96. The summed E-state index contributed by atoms with van der Waals surface area (Å²) in [6.45, 7) is 0. The first kappa shape index (κ1) is 13.4. The molecule has 2 rings (SSSR count). The number of azo groups is 1. The van der Waals surface area contributed by atoms with Gasteiger partial charge < -0.3 is 10.2 Å². The molecule has 0 amide bonds. The second-order valence-electron chi connectivity index (χ2n) is 4.17. The van der Waals surface area contributed by atoms with Crippen LogP contribution in [0.25, 0.3) is 0 Å². The standard InChI is InChI=1S/C12H17N6S/c1-13-11-16-18(4)12(19-11)15-14-9-5-7-10(8-6-9)17(2)3/h5-8H,1-4H3,(H,13,16)/q+1. The largest absolute Gasteiger partial charge is 0.431 e. The van der Waals surface area contributed by atoms with Crippen LogP contribution in [-0.2, 0) is 7.05 Å². The van der Waals surface area contributed by atoms with Gasteiger partial charge in [0.15, 0.2) is 0 Å². The second-order valence-corrected chi connectivity index (χ2v) is 5.13. The molecule has 6 nitrogen and oxygen atoms in total. The van der Waals surface area contributed by atoms with Gasteiger partial charge in [0.25, 0.3) is 0 Å². The van der Waals surface area contributed by atoms with E-state index in [1.165, 1.54) is 11.3 Å². The molecule has 1 heterocycles. The summed E-state index contributed by atoms with van der Waals surface area (Å²) in [6, 6.07) is 7.91. The molecule has 0 saturated carbocycles. The fraction of sp³-hybridized carbons (Fsp3) is 0.333. The molecule has 0 saturated heterocycles. The number of nitrogens with one attached hydrogen (secondary N) is 1. The Balaban J connectivity index is 2.15. The zero-order valence-corrected chi connectivity index (χ0v) is 12.3. The van der Waals surface area contributed by atoms with Crippen LogP contribution in [0, 0.1) is 0 Å². The molecule has 7 heteroatoms. The third-order valence-corrected chi connectivity index (χ3v) is 3.54. The first-order valence-electron chi connectivity index (χ1n) is 5.84. The number of hydrogen-bond donors (Lipinski definition) is 1. The first-order chi connectivity index (χ1) is 9.10. The Labute approximate surface area is 116 Å². The van der Waals surface area contributed by atoms with Crippen molar-refractivity contribution in [2.75, 3.05) is 31.4 Å². The van der Waals surface area contributed by atoms with E-state index >= 15 is 0 Å². The van der Waals surface area contributed by atoms with E-state index in [9.17, 15) is 0 Å². The fourth-order valence-corrected chi connectivity index (χ4v) is 2.15. The van der Waals surface area contributed by atoms with Crippen LogP contribution in [0.5, 0.6) is 0 Å². The summed E-state index contributed by atoms with van der Waals surface area (Å²) in [6.07, 6.45) is 0. The number of hydrogen-bond acceptors (Lipinski definition) is 6. The van der Waals surface area contributed by atoms with Gasteiger partial charge in [0.2, 0.25) is 5.13 Å². The predicted octanol–water partition coefficient (Wildman–Crippen LogP) is 2.49. The normalized spacial score (nSPS) is 10.9. The Morgan fingerprint density at radius 3 is 2.42 bits per heavy atom. The lowest BCUT2D eigenvalue weighted by Crippen LogP contribution is -2.29. The van der Waals surface area contributed by atoms with Crippen LogP contribution in [0.2, 0.25) is 0 Å². The van der Waals surface area contributed by atoms with E-state index in [0.29, 0.717) is 0 Å². The average molecular weight is 277 g/mol. The summed E-state index contributed by atoms with van der Waals surface area (Å²) < 4.78 is 1.70. The van der Waals surface area contributed by atoms with Gasteiger partial charge in [0, 0.05) is 26.8 Å². The van der Waals surface area contributed by atoms with E-state index in [2.05, 4.69) is 20.6 Å². The molecule has 1 N–H and O–H groups in total. The maximum Gasteiger partial charge on any atom is 0.431 e. The number of benzene rings is 1. The van der Waals surface area contributed by atoms with Crippen LogP contribution in [0.15, 0.2) is 34.5 Å². The van der Waals surface area contributed by atoms with E-state index < -0.39 is 0 Å². The van der Waals surface area contributed by atoms with Crippen molar-refractivity contribution in [3.8, 4) is 0 Å². The van der Waals surface area contributed by atoms with Gasteiger partial charge >= 0.3 is 5.13 Å². The molecule has 0 aliphatic carbocycles. The Bertz CT molecular complexity index is 572. The highest BCUT2D eigenvalue weighted by molar-refractivity contribution is 7.18. The molecule has 0 aliphatic rings. The van der Waals surface area contributed by atoms with Crippen molar-refractivity contribution in [2.45, 2.75) is 0 Å². The Kier molecular flexibility index (Phi) is 4.06. The molecule has 19 heavy (non-hydrogen) atoms. The molecule has 0 radical (unpaired) electrons. The highest BCUT2D eigenvalue weighted by Gasteiger charge is 2.14. The van der Waals surface area contributed by atoms with Crippen LogP contribution in [0.4, 0.5) is 21.6 Å². The van der Waals surface area contributed by atoms with Gasteiger partial charge in [-0.15, -0.1) is 4.68 Å². The fourth-order valence-electron chi connectivity index (χ4n) is 1.46. The molecule has 0 fully saturated rings. The van der Waals surface area contributed by atoms with Gasteiger partial charge in [0.05, 0.1) is 5.11 Å². The Morgan fingerprint density at radius 1 is 1.21 bits per heavy atom. The quantitative estimate of drug-likeness (QED) is 0.690. The lowest BCUT2D eigenvalue weighted by Gasteiger charge is -2.11. The Morgan fingerprint density at radius 2 is 1.89 bits per heavy atom. The minimum atomic E-state index is 0.751. The molecular formula is C12H17N6S+. The topological polar surface area (TPSA) is 56.8 Å². The lowest BCUT2D eigenvalue weighted by atomic mass is 10.3. The zero-order valence-electron chi connectivity index (χ0n) is 11.5. The first-order valence-corrected chi connectivity index (χ1v) is 6.66. The van der Waals surface area contributed by atoms with Gasteiger partial charge in [-0.3, -0.25) is 0 Å². The number of nitrogens with zero attached hydrogens (tertiary/aromatic N) is 5. The monoisotopic (exact) mass is 277 g/mol. The van der Waals surface area contributed by atoms with Gasteiger partial charge in [-0.2, -0.15) is 0 Å². The minimum Gasteiger partial charge on any atom is -0.378 e. The maximum absolute atomic E-state index is 4.24.